The van der Waals surface area contributed by atoms with Crippen molar-refractivity contribution in [1.29, 1.82) is 0 Å². The lowest BCUT2D eigenvalue weighted by Crippen LogP contribution is -2.15. The van der Waals surface area contributed by atoms with Gasteiger partial charge in [0.2, 0.25) is 0 Å². The van der Waals surface area contributed by atoms with Crippen molar-refractivity contribution in [3.8, 4) is 0 Å². The van der Waals surface area contributed by atoms with Gasteiger partial charge in [-0.1, -0.05) is 18.0 Å². The van der Waals surface area contributed by atoms with Crippen LogP contribution in [0.15, 0.2) is 17.4 Å². The fourth-order valence-corrected chi connectivity index (χ4v) is 2.06. The summed E-state index contributed by atoms with van der Waals surface area (Å²) in [5.74, 6) is 0.201. The van der Waals surface area contributed by atoms with Crippen molar-refractivity contribution in [3.05, 3.63) is 18.0 Å². The van der Waals surface area contributed by atoms with Crippen LogP contribution in [0.1, 0.15) is 37.4 Å². The summed E-state index contributed by atoms with van der Waals surface area (Å²) in [6.07, 6.45) is 7.40. The molecule has 0 spiro atoms. The Morgan fingerprint density at radius 1 is 1.60 bits per heavy atom. The molecular formula is C10H16N4O. The monoisotopic (exact) mass is 208 g/mol. The van der Waals surface area contributed by atoms with Crippen LogP contribution in [0.25, 0.3) is 0 Å². The lowest BCUT2D eigenvalue weighted by molar-refractivity contribution is 0.317. The summed E-state index contributed by atoms with van der Waals surface area (Å²) in [6.45, 7) is 0. The number of oxime groups is 1. The van der Waals surface area contributed by atoms with Gasteiger partial charge in [0.25, 0.3) is 0 Å². The third kappa shape index (κ3) is 2.29. The smallest absolute Gasteiger partial charge is 0.145 e. The van der Waals surface area contributed by atoms with Gasteiger partial charge < -0.3 is 10.9 Å². The number of nitrogens with two attached hydrogens (primary N) is 1. The van der Waals surface area contributed by atoms with E-state index >= 15 is 0 Å². The lowest BCUT2D eigenvalue weighted by atomic mass is 10.3. The van der Waals surface area contributed by atoms with Crippen LogP contribution in [0, 0.1) is 0 Å². The van der Waals surface area contributed by atoms with Gasteiger partial charge in [-0.2, -0.15) is 5.10 Å². The Hall–Kier alpha value is -1.52. The molecule has 0 atom stereocenters. The molecule has 0 aliphatic heterocycles. The number of rotatable bonds is 3. The van der Waals surface area contributed by atoms with E-state index in [2.05, 4.69) is 10.3 Å². The molecule has 1 heterocycles. The highest BCUT2D eigenvalue weighted by Crippen LogP contribution is 2.28. The van der Waals surface area contributed by atoms with Gasteiger partial charge in [-0.3, -0.25) is 4.68 Å². The molecule has 2 rings (SSSR count). The molecule has 15 heavy (non-hydrogen) atoms. The number of hydrogen-bond donors (Lipinski definition) is 2. The molecule has 1 saturated carbocycles. The van der Waals surface area contributed by atoms with Crippen LogP contribution in [0.5, 0.6) is 0 Å². The van der Waals surface area contributed by atoms with Crippen LogP contribution >= 0.6 is 0 Å². The number of hydrogen-bond acceptors (Lipinski definition) is 3. The van der Waals surface area contributed by atoms with Crippen LogP contribution in [0.4, 0.5) is 0 Å². The molecule has 5 heteroatoms. The second kappa shape index (κ2) is 4.33. The lowest BCUT2D eigenvalue weighted by Gasteiger charge is -2.08. The number of aromatic nitrogens is 2. The van der Waals surface area contributed by atoms with Crippen molar-refractivity contribution < 1.29 is 5.21 Å². The highest BCUT2D eigenvalue weighted by Gasteiger charge is 2.17. The van der Waals surface area contributed by atoms with E-state index in [0.717, 1.165) is 5.69 Å². The van der Waals surface area contributed by atoms with Crippen molar-refractivity contribution in [3.63, 3.8) is 0 Å². The molecular weight excluding hydrogens is 192 g/mol. The molecule has 1 fully saturated rings. The van der Waals surface area contributed by atoms with E-state index in [4.69, 9.17) is 10.9 Å². The summed E-state index contributed by atoms with van der Waals surface area (Å²) in [5.41, 5.74) is 6.28. The summed E-state index contributed by atoms with van der Waals surface area (Å²) in [6, 6.07) is 2.47. The first kappa shape index (κ1) is 10.0. The Bertz CT molecular complexity index is 352. The first-order valence-corrected chi connectivity index (χ1v) is 5.30. The summed E-state index contributed by atoms with van der Waals surface area (Å²) < 4.78 is 2.01. The average molecular weight is 208 g/mol. The van der Waals surface area contributed by atoms with E-state index < -0.39 is 0 Å². The molecule has 0 unspecified atom stereocenters. The van der Waals surface area contributed by atoms with E-state index in [1.165, 1.54) is 25.7 Å². The molecule has 0 radical (unpaired) electrons. The molecule has 3 N–H and O–H groups in total. The van der Waals surface area contributed by atoms with Gasteiger partial charge in [0.05, 0.1) is 18.2 Å². The standard InChI is InChI=1S/C10H16N4O/c11-10(13-15)7-8-5-6-14(12-8)9-3-1-2-4-9/h5-6,9,15H,1-4,7H2,(H2,11,13). The Balaban J connectivity index is 2.03. The summed E-state index contributed by atoms with van der Waals surface area (Å²) in [5, 5.41) is 15.8. The third-order valence-corrected chi connectivity index (χ3v) is 2.85. The molecule has 82 valence electrons. The van der Waals surface area contributed by atoms with Crippen molar-refractivity contribution in [2.45, 2.75) is 38.1 Å². The highest BCUT2D eigenvalue weighted by atomic mass is 16.4. The highest BCUT2D eigenvalue weighted by molar-refractivity contribution is 5.81. The topological polar surface area (TPSA) is 76.4 Å². The van der Waals surface area contributed by atoms with Crippen LogP contribution in [0.3, 0.4) is 0 Å². The fourth-order valence-electron chi connectivity index (χ4n) is 2.06. The molecule has 5 nitrogen and oxygen atoms in total. The molecule has 0 aromatic carbocycles. The molecule has 1 aromatic heterocycles. The minimum atomic E-state index is 0.201. The maximum atomic E-state index is 8.44. The molecule has 1 aliphatic carbocycles. The zero-order chi connectivity index (χ0) is 10.7. The quantitative estimate of drug-likeness (QED) is 0.340. The third-order valence-electron chi connectivity index (χ3n) is 2.85. The maximum Gasteiger partial charge on any atom is 0.145 e. The van der Waals surface area contributed by atoms with Crippen molar-refractivity contribution in [2.24, 2.45) is 10.9 Å². The van der Waals surface area contributed by atoms with Crippen molar-refractivity contribution >= 4 is 5.84 Å². The van der Waals surface area contributed by atoms with E-state index in [9.17, 15) is 0 Å². The first-order chi connectivity index (χ1) is 7.29. The Kier molecular flexibility index (Phi) is 2.89. The predicted octanol–water partition coefficient (Wildman–Crippen LogP) is 1.29. The summed E-state index contributed by atoms with van der Waals surface area (Å²) >= 11 is 0. The maximum absolute atomic E-state index is 8.44. The average Bonchev–Trinajstić information content (AvgIpc) is 2.85. The van der Waals surface area contributed by atoms with Gasteiger partial charge >= 0.3 is 0 Å². The van der Waals surface area contributed by atoms with Crippen LogP contribution in [-0.2, 0) is 6.42 Å². The van der Waals surface area contributed by atoms with Gasteiger partial charge in [-0.15, -0.1) is 0 Å². The van der Waals surface area contributed by atoms with Gasteiger partial charge in [0.1, 0.15) is 5.84 Å². The van der Waals surface area contributed by atoms with Gasteiger partial charge in [0, 0.05) is 6.20 Å². The van der Waals surface area contributed by atoms with E-state index in [-0.39, 0.29) is 5.84 Å². The minimum absolute atomic E-state index is 0.201. The second-order valence-electron chi connectivity index (χ2n) is 3.99. The molecule has 0 amide bonds. The van der Waals surface area contributed by atoms with Gasteiger partial charge in [-0.25, -0.2) is 0 Å². The van der Waals surface area contributed by atoms with Crippen molar-refractivity contribution in [1.82, 2.24) is 9.78 Å². The van der Waals surface area contributed by atoms with Crippen molar-refractivity contribution in [2.75, 3.05) is 0 Å². The van der Waals surface area contributed by atoms with Crippen LogP contribution in [0.2, 0.25) is 0 Å². The predicted molar refractivity (Wildman–Crippen MR) is 56.8 cm³/mol. The Labute approximate surface area is 88.6 Å². The number of amidine groups is 1. The normalized spacial score (nSPS) is 18.5. The zero-order valence-electron chi connectivity index (χ0n) is 8.63. The molecule has 0 bridgehead atoms. The summed E-state index contributed by atoms with van der Waals surface area (Å²) in [4.78, 5) is 0. The van der Waals surface area contributed by atoms with Gasteiger partial charge in [-0.05, 0) is 18.9 Å². The second-order valence-corrected chi connectivity index (χ2v) is 3.99. The van der Waals surface area contributed by atoms with E-state index in [1.807, 2.05) is 16.9 Å². The largest absolute Gasteiger partial charge is 0.409 e. The number of nitrogens with zero attached hydrogens (tertiary/aromatic N) is 3. The van der Waals surface area contributed by atoms with Crippen LogP contribution < -0.4 is 5.73 Å². The molecule has 0 saturated heterocycles. The zero-order valence-corrected chi connectivity index (χ0v) is 8.63. The minimum Gasteiger partial charge on any atom is -0.409 e. The molecule has 1 aromatic rings. The fraction of sp³-hybridized carbons (Fsp3) is 0.600. The van der Waals surface area contributed by atoms with Gasteiger partial charge in [0.15, 0.2) is 0 Å². The van der Waals surface area contributed by atoms with E-state index in [1.54, 1.807) is 0 Å². The van der Waals surface area contributed by atoms with Crippen LogP contribution in [-0.4, -0.2) is 20.8 Å². The Morgan fingerprint density at radius 2 is 2.33 bits per heavy atom. The first-order valence-electron chi connectivity index (χ1n) is 5.30. The summed E-state index contributed by atoms with van der Waals surface area (Å²) in [7, 11) is 0. The van der Waals surface area contributed by atoms with E-state index in [0.29, 0.717) is 12.5 Å². The molecule has 1 aliphatic rings. The Morgan fingerprint density at radius 3 is 3.00 bits per heavy atom. The SMILES string of the molecule is NC(Cc1ccn(C2CCCC2)n1)=NO.